The lowest BCUT2D eigenvalue weighted by atomic mass is 10.2. The monoisotopic (exact) mass is 635 g/mol. The number of aromatic nitrogens is 1. The summed E-state index contributed by atoms with van der Waals surface area (Å²) in [5.74, 6) is -0.510. The highest BCUT2D eigenvalue weighted by molar-refractivity contribution is 9.14. The van der Waals surface area contributed by atoms with Gasteiger partial charge in [0.2, 0.25) is 0 Å². The van der Waals surface area contributed by atoms with Crippen LogP contribution in [0.3, 0.4) is 0 Å². The first-order chi connectivity index (χ1) is 13.2. The number of amides is 2. The van der Waals surface area contributed by atoms with Gasteiger partial charge in [0.25, 0.3) is 11.0 Å². The number of nitrogens with one attached hydrogen (secondary N) is 3. The second-order valence-electron chi connectivity index (χ2n) is 5.47. The molecule has 144 valence electrons. The van der Waals surface area contributed by atoms with E-state index in [2.05, 4.69) is 79.3 Å². The number of rotatable bonds is 2. The summed E-state index contributed by atoms with van der Waals surface area (Å²) in [5.41, 5.74) is -1.93. The van der Waals surface area contributed by atoms with Gasteiger partial charge in [0.15, 0.2) is 5.75 Å². The number of para-hydroxylation sites is 1. The molecular formula is C17H9Br4N3O4. The molecular weight excluding hydrogens is 630 g/mol. The molecule has 0 aliphatic carbocycles. The van der Waals surface area contributed by atoms with Crippen LogP contribution in [-0.2, 0) is 0 Å². The summed E-state index contributed by atoms with van der Waals surface area (Å²) in [6.07, 6.45) is 0. The molecule has 0 radical (unpaired) electrons. The van der Waals surface area contributed by atoms with E-state index in [0.29, 0.717) is 19.1 Å². The van der Waals surface area contributed by atoms with Gasteiger partial charge in [-0.2, -0.15) is 0 Å². The zero-order chi connectivity index (χ0) is 20.6. The normalized spacial score (nSPS) is 10.7. The number of halogens is 4. The zero-order valence-electron chi connectivity index (χ0n) is 13.6. The van der Waals surface area contributed by atoms with Crippen LogP contribution in [0, 0.1) is 0 Å². The molecule has 0 saturated carbocycles. The summed E-state index contributed by atoms with van der Waals surface area (Å²) in [7, 11) is 0. The SMILES string of the molecule is O=C(Nc1c(Br)cc(Br)c(Br)c1Br)Nc1c(O)c2ccccc2[nH]c(=O)c1=O. The van der Waals surface area contributed by atoms with Gasteiger partial charge in [-0.05, 0) is 81.9 Å². The van der Waals surface area contributed by atoms with Crippen molar-refractivity contribution in [3.8, 4) is 5.75 Å². The maximum absolute atomic E-state index is 12.5. The van der Waals surface area contributed by atoms with Gasteiger partial charge < -0.3 is 20.7 Å². The molecule has 1 heterocycles. The standard InChI is InChI=1S/C17H9Br4N3O4/c18-7-5-8(19)12(11(21)10(7)20)23-17(28)24-13-14(25)6-3-1-2-4-9(6)22-16(27)15(13)26/h1-5H,(H4,22,23,24,25,26,27,28). The number of carbonyl (C=O) groups excluding carboxylic acids is 1. The topological polar surface area (TPSA) is 111 Å². The fourth-order valence-electron chi connectivity index (χ4n) is 2.39. The summed E-state index contributed by atoms with van der Waals surface area (Å²) in [6.45, 7) is 0. The number of carbonyl (C=O) groups is 1. The minimum absolute atomic E-state index is 0.214. The molecule has 3 aromatic rings. The van der Waals surface area contributed by atoms with Crippen LogP contribution in [0.15, 0.2) is 57.8 Å². The minimum atomic E-state index is -1.07. The fourth-order valence-corrected chi connectivity index (χ4v) is 5.02. The molecule has 11 heteroatoms. The van der Waals surface area contributed by atoms with Crippen molar-refractivity contribution in [3.05, 3.63) is 68.8 Å². The van der Waals surface area contributed by atoms with Crippen molar-refractivity contribution in [1.29, 1.82) is 0 Å². The lowest BCUT2D eigenvalue weighted by Crippen LogP contribution is -2.30. The average molecular weight is 639 g/mol. The number of H-pyrrole nitrogens is 1. The van der Waals surface area contributed by atoms with E-state index in [1.54, 1.807) is 18.2 Å². The molecule has 0 fully saturated rings. The van der Waals surface area contributed by atoms with Crippen LogP contribution < -0.4 is 21.6 Å². The van der Waals surface area contributed by atoms with Crippen molar-refractivity contribution in [1.82, 2.24) is 4.98 Å². The van der Waals surface area contributed by atoms with Crippen LogP contribution in [0.5, 0.6) is 5.75 Å². The Morgan fingerprint density at radius 1 is 0.929 bits per heavy atom. The van der Waals surface area contributed by atoms with Crippen molar-refractivity contribution in [2.45, 2.75) is 0 Å². The smallest absolute Gasteiger partial charge is 0.323 e. The van der Waals surface area contributed by atoms with Gasteiger partial charge in [0, 0.05) is 18.8 Å². The Labute approximate surface area is 191 Å². The number of benzene rings is 2. The molecule has 0 aliphatic rings. The van der Waals surface area contributed by atoms with Crippen molar-refractivity contribution in [2.24, 2.45) is 0 Å². The Kier molecular flexibility index (Phi) is 6.28. The first-order valence-corrected chi connectivity index (χ1v) is 10.7. The summed E-state index contributed by atoms with van der Waals surface area (Å²) < 4.78 is 2.49. The van der Waals surface area contributed by atoms with E-state index in [-0.39, 0.29) is 10.9 Å². The van der Waals surface area contributed by atoms with Crippen LogP contribution in [0.1, 0.15) is 0 Å². The van der Waals surface area contributed by atoms with Crippen LogP contribution in [-0.4, -0.2) is 16.1 Å². The molecule has 7 nitrogen and oxygen atoms in total. The van der Waals surface area contributed by atoms with E-state index in [0.717, 1.165) is 4.47 Å². The first kappa shape index (κ1) is 21.0. The fraction of sp³-hybridized carbons (Fsp3) is 0. The van der Waals surface area contributed by atoms with E-state index >= 15 is 0 Å². The lowest BCUT2D eigenvalue weighted by molar-refractivity contribution is 0.262. The Hall–Kier alpha value is -1.69. The van der Waals surface area contributed by atoms with Crippen LogP contribution in [0.4, 0.5) is 16.2 Å². The third-order valence-corrected chi connectivity index (χ3v) is 7.62. The summed E-state index contributed by atoms with van der Waals surface area (Å²) in [5, 5.41) is 15.5. The second kappa shape index (κ2) is 8.36. The maximum atomic E-state index is 12.5. The van der Waals surface area contributed by atoms with Gasteiger partial charge in [-0.25, -0.2) is 4.79 Å². The van der Waals surface area contributed by atoms with Crippen LogP contribution >= 0.6 is 63.7 Å². The molecule has 0 bridgehead atoms. The quantitative estimate of drug-likeness (QED) is 0.174. The third-order valence-electron chi connectivity index (χ3n) is 3.69. The third kappa shape index (κ3) is 4.02. The zero-order valence-corrected chi connectivity index (χ0v) is 19.9. The van der Waals surface area contributed by atoms with Crippen molar-refractivity contribution in [2.75, 3.05) is 10.6 Å². The Morgan fingerprint density at radius 3 is 2.29 bits per heavy atom. The molecule has 0 atom stereocenters. The molecule has 2 amide bonds. The molecule has 28 heavy (non-hydrogen) atoms. The van der Waals surface area contributed by atoms with E-state index in [1.807, 2.05) is 0 Å². The van der Waals surface area contributed by atoms with Crippen LogP contribution in [0.2, 0.25) is 0 Å². The summed E-state index contributed by atoms with van der Waals surface area (Å²) >= 11 is 13.4. The van der Waals surface area contributed by atoms with Gasteiger partial charge in [-0.15, -0.1) is 0 Å². The molecule has 3 rings (SSSR count). The number of anilines is 2. The summed E-state index contributed by atoms with van der Waals surface area (Å²) in [6, 6.07) is 7.21. The highest BCUT2D eigenvalue weighted by Crippen LogP contribution is 2.41. The number of hydrogen-bond acceptors (Lipinski definition) is 4. The molecule has 0 spiro atoms. The van der Waals surface area contributed by atoms with E-state index in [9.17, 15) is 19.5 Å². The van der Waals surface area contributed by atoms with Gasteiger partial charge >= 0.3 is 6.03 Å². The van der Waals surface area contributed by atoms with Gasteiger partial charge in [-0.1, -0.05) is 12.1 Å². The number of hydrogen-bond donors (Lipinski definition) is 4. The number of aromatic hydroxyl groups is 1. The maximum Gasteiger partial charge on any atom is 0.323 e. The van der Waals surface area contributed by atoms with Gasteiger partial charge in [0.1, 0.15) is 5.69 Å². The predicted molar refractivity (Wildman–Crippen MR) is 122 cm³/mol. The van der Waals surface area contributed by atoms with E-state index in [1.165, 1.54) is 12.1 Å². The molecule has 1 aromatic heterocycles. The minimum Gasteiger partial charge on any atom is -0.505 e. The first-order valence-electron chi connectivity index (χ1n) is 7.50. The van der Waals surface area contributed by atoms with E-state index < -0.39 is 28.5 Å². The Morgan fingerprint density at radius 2 is 1.57 bits per heavy atom. The summed E-state index contributed by atoms with van der Waals surface area (Å²) in [4.78, 5) is 39.3. The second-order valence-corrected chi connectivity index (χ2v) is 8.77. The lowest BCUT2D eigenvalue weighted by Gasteiger charge is -2.13. The Balaban J connectivity index is 2.05. The van der Waals surface area contributed by atoms with Gasteiger partial charge in [-0.3, -0.25) is 9.59 Å². The van der Waals surface area contributed by atoms with Crippen molar-refractivity contribution in [3.63, 3.8) is 0 Å². The highest BCUT2D eigenvalue weighted by Gasteiger charge is 2.18. The molecule has 4 N–H and O–H groups in total. The average Bonchev–Trinajstić information content (AvgIpc) is 2.74. The van der Waals surface area contributed by atoms with E-state index in [4.69, 9.17) is 0 Å². The van der Waals surface area contributed by atoms with Crippen molar-refractivity contribution < 1.29 is 9.90 Å². The predicted octanol–water partition coefficient (Wildman–Crippen LogP) is 5.29. The molecule has 0 saturated heterocycles. The largest absolute Gasteiger partial charge is 0.505 e. The number of aromatic amines is 1. The molecule has 0 aliphatic heterocycles. The van der Waals surface area contributed by atoms with Crippen molar-refractivity contribution >= 4 is 92.0 Å². The van der Waals surface area contributed by atoms with Gasteiger partial charge in [0.05, 0.1) is 15.7 Å². The number of urea groups is 1. The highest BCUT2D eigenvalue weighted by atomic mass is 79.9. The Bertz CT molecular complexity index is 1240. The van der Waals surface area contributed by atoms with Crippen LogP contribution in [0.25, 0.3) is 10.9 Å². The molecule has 2 aromatic carbocycles. The molecule has 0 unspecified atom stereocenters. The number of fused-ring (bicyclic) bond motifs is 1.